The summed E-state index contributed by atoms with van der Waals surface area (Å²) in [4.78, 5) is 56.5. The fourth-order valence-corrected chi connectivity index (χ4v) is 6.20. The van der Waals surface area contributed by atoms with Gasteiger partial charge in [0.25, 0.3) is 11.8 Å². The lowest BCUT2D eigenvalue weighted by Gasteiger charge is -2.47. The second-order valence-electron chi connectivity index (χ2n) is 7.63. The number of nitriles is 1. The molecule has 1 aromatic heterocycles. The Labute approximate surface area is 198 Å². The number of carbonyl (C=O) groups excluding carboxylic acids is 4. The molecule has 0 aromatic carbocycles. The van der Waals surface area contributed by atoms with Gasteiger partial charge in [0, 0.05) is 25.7 Å². The Hall–Kier alpha value is -2.98. The van der Waals surface area contributed by atoms with Crippen LogP contribution in [0.2, 0.25) is 0 Å². The number of likely N-dealkylation sites (N-methyl/N-ethyl adjacent to an activating group) is 1. The van der Waals surface area contributed by atoms with Gasteiger partial charge >= 0.3 is 10.6 Å². The van der Waals surface area contributed by atoms with E-state index >= 15 is 0 Å². The van der Waals surface area contributed by atoms with Crippen LogP contribution in [0.4, 0.5) is 9.59 Å². The Morgan fingerprint density at radius 3 is 2.39 bits per heavy atom. The van der Waals surface area contributed by atoms with Crippen molar-refractivity contribution in [3.63, 3.8) is 0 Å². The minimum atomic E-state index is -1.75. The molecular weight excluding hydrogens is 472 g/mol. The number of hydrogen-bond donors (Lipinski definition) is 0. The third-order valence-corrected chi connectivity index (χ3v) is 7.93. The molecule has 0 aliphatic carbocycles. The van der Waals surface area contributed by atoms with Crippen LogP contribution in [0, 0.1) is 16.7 Å². The molecule has 2 fully saturated rings. The van der Waals surface area contributed by atoms with Crippen molar-refractivity contribution in [2.75, 3.05) is 28.4 Å². The summed E-state index contributed by atoms with van der Waals surface area (Å²) in [5, 5.41) is 7.34. The summed E-state index contributed by atoms with van der Waals surface area (Å²) in [6.07, 6.45) is 1.31. The van der Waals surface area contributed by atoms with Crippen LogP contribution in [0.15, 0.2) is 18.3 Å². The van der Waals surface area contributed by atoms with E-state index < -0.39 is 44.1 Å². The van der Waals surface area contributed by atoms with E-state index in [1.54, 1.807) is 19.1 Å². The maximum absolute atomic E-state index is 13.8. The Bertz CT molecular complexity index is 1030. The van der Waals surface area contributed by atoms with Crippen molar-refractivity contribution in [2.24, 2.45) is 5.41 Å². The molecule has 11 nitrogen and oxygen atoms in total. The first-order valence-corrected chi connectivity index (χ1v) is 11.3. The lowest BCUT2D eigenvalue weighted by atomic mass is 9.80. The molecule has 0 radical (unpaired) electrons. The molecule has 176 valence electrons. The maximum atomic E-state index is 13.8. The Morgan fingerprint density at radius 1 is 1.21 bits per heavy atom. The highest BCUT2D eigenvalue weighted by Crippen LogP contribution is 2.61. The van der Waals surface area contributed by atoms with Crippen LogP contribution >= 0.6 is 23.5 Å². The predicted octanol–water partition coefficient (Wildman–Crippen LogP) is 2.39. The topological polar surface area (TPSA) is 139 Å². The van der Waals surface area contributed by atoms with E-state index in [0.29, 0.717) is 35.0 Å². The summed E-state index contributed by atoms with van der Waals surface area (Å²) >= 11 is 1.07. The molecule has 4 atom stereocenters. The standard InChI is InChI=1S/C20H22N4O7S2/c1-19(10-21)9-20(33-18(28)31-5)16(26)23(2)15(32-17(27)30-4)14(25)24(20)13(19)11-6-7-12(29-3)22-8-11/h6-8,13,15H,9H2,1-5H3/t13-,15-,19+,20-/m0/s1. The minimum Gasteiger partial charge on any atom is -0.481 e. The zero-order valence-corrected chi connectivity index (χ0v) is 20.2. The van der Waals surface area contributed by atoms with E-state index in [1.807, 2.05) is 0 Å². The molecule has 2 aliphatic heterocycles. The van der Waals surface area contributed by atoms with Gasteiger partial charge in [-0.1, -0.05) is 0 Å². The van der Waals surface area contributed by atoms with Gasteiger partial charge in [-0.2, -0.15) is 5.26 Å². The summed E-state index contributed by atoms with van der Waals surface area (Å²) in [6, 6.07) is 4.50. The average molecular weight is 495 g/mol. The number of fused-ring (bicyclic) bond motifs is 1. The van der Waals surface area contributed by atoms with Crippen molar-refractivity contribution in [1.29, 1.82) is 5.26 Å². The first-order valence-electron chi connectivity index (χ1n) is 9.61. The van der Waals surface area contributed by atoms with Gasteiger partial charge in [-0.3, -0.25) is 9.59 Å². The van der Waals surface area contributed by atoms with Crippen LogP contribution in [-0.2, 0) is 19.1 Å². The van der Waals surface area contributed by atoms with Crippen molar-refractivity contribution >= 4 is 45.9 Å². The Morgan fingerprint density at radius 2 is 1.88 bits per heavy atom. The number of ether oxygens (including phenoxy) is 3. The second kappa shape index (κ2) is 9.11. The molecule has 2 aliphatic rings. The molecule has 3 rings (SSSR count). The van der Waals surface area contributed by atoms with E-state index in [1.165, 1.54) is 25.3 Å². The normalized spacial score (nSPS) is 28.7. The number of carbonyl (C=O) groups is 4. The van der Waals surface area contributed by atoms with Gasteiger partial charge in [-0.15, -0.1) is 0 Å². The quantitative estimate of drug-likeness (QED) is 0.570. The van der Waals surface area contributed by atoms with Gasteiger partial charge in [-0.25, -0.2) is 14.6 Å². The highest BCUT2D eigenvalue weighted by molar-refractivity contribution is 8.15. The van der Waals surface area contributed by atoms with Crippen LogP contribution < -0.4 is 4.74 Å². The summed E-state index contributed by atoms with van der Waals surface area (Å²) in [5.41, 5.74) is -0.798. The van der Waals surface area contributed by atoms with Gasteiger partial charge in [0.15, 0.2) is 10.2 Å². The summed E-state index contributed by atoms with van der Waals surface area (Å²) in [5.74, 6) is -0.904. The molecule has 3 heterocycles. The molecule has 0 saturated carbocycles. The lowest BCUT2D eigenvalue weighted by molar-refractivity contribution is -0.158. The minimum absolute atomic E-state index is 0.141. The highest BCUT2D eigenvalue weighted by Gasteiger charge is 2.69. The van der Waals surface area contributed by atoms with Crippen LogP contribution in [0.1, 0.15) is 24.9 Å². The average Bonchev–Trinajstić information content (AvgIpc) is 3.10. The number of piperazine rings is 1. The van der Waals surface area contributed by atoms with E-state index in [2.05, 4.69) is 15.8 Å². The zero-order chi connectivity index (χ0) is 24.6. The molecule has 13 heteroatoms. The molecule has 0 spiro atoms. The number of aromatic nitrogens is 1. The maximum Gasteiger partial charge on any atom is 0.369 e. The number of rotatable bonds is 4. The third kappa shape index (κ3) is 3.97. The number of amides is 2. The third-order valence-electron chi connectivity index (χ3n) is 5.65. The van der Waals surface area contributed by atoms with Gasteiger partial charge in [0.05, 0.1) is 38.9 Å². The van der Waals surface area contributed by atoms with E-state index in [-0.39, 0.29) is 6.42 Å². The first-order chi connectivity index (χ1) is 15.6. The van der Waals surface area contributed by atoms with E-state index in [0.717, 1.165) is 19.1 Å². The number of hydrogen-bond acceptors (Lipinski definition) is 11. The van der Waals surface area contributed by atoms with Crippen molar-refractivity contribution in [3.8, 4) is 11.9 Å². The summed E-state index contributed by atoms with van der Waals surface area (Å²) in [7, 11) is 5.14. The van der Waals surface area contributed by atoms with Crippen LogP contribution in [0.25, 0.3) is 0 Å². The molecular formula is C20H22N4O7S2. The fraction of sp³-hybridized carbons (Fsp3) is 0.500. The molecule has 0 bridgehead atoms. The Kier molecular flexibility index (Phi) is 6.80. The molecule has 1 aromatic rings. The SMILES string of the molecule is COC(=O)S[C@H]1C(=O)N2[C@@H](c3ccc(OC)nc3)[C@@](C)(C#N)C[C@]2(SC(=O)OC)C(=O)N1C. The highest BCUT2D eigenvalue weighted by atomic mass is 32.2. The predicted molar refractivity (Wildman–Crippen MR) is 118 cm³/mol. The number of thioether (sulfide) groups is 2. The lowest BCUT2D eigenvalue weighted by Crippen LogP contribution is -2.67. The van der Waals surface area contributed by atoms with Gasteiger partial charge in [-0.05, 0) is 42.1 Å². The van der Waals surface area contributed by atoms with Crippen LogP contribution in [0.3, 0.4) is 0 Å². The summed E-state index contributed by atoms with van der Waals surface area (Å²) < 4.78 is 14.5. The monoisotopic (exact) mass is 494 g/mol. The largest absolute Gasteiger partial charge is 0.481 e. The second-order valence-corrected chi connectivity index (χ2v) is 9.86. The van der Waals surface area contributed by atoms with Gasteiger partial charge < -0.3 is 24.0 Å². The molecule has 33 heavy (non-hydrogen) atoms. The number of nitrogens with zero attached hydrogens (tertiary/aromatic N) is 4. The smallest absolute Gasteiger partial charge is 0.369 e. The fourth-order valence-electron chi connectivity index (χ4n) is 4.19. The number of pyridine rings is 1. The summed E-state index contributed by atoms with van der Waals surface area (Å²) in [6.45, 7) is 1.61. The van der Waals surface area contributed by atoms with E-state index in [9.17, 15) is 24.4 Å². The Balaban J connectivity index is 2.22. The van der Waals surface area contributed by atoms with Crippen molar-refractivity contribution in [1.82, 2.24) is 14.8 Å². The first kappa shape index (κ1) is 24.7. The number of methoxy groups -OCH3 is 3. The van der Waals surface area contributed by atoms with Gasteiger partial charge in [0.2, 0.25) is 5.88 Å². The van der Waals surface area contributed by atoms with Crippen molar-refractivity contribution in [2.45, 2.75) is 29.6 Å². The van der Waals surface area contributed by atoms with Crippen LogP contribution in [0.5, 0.6) is 5.88 Å². The molecule has 2 saturated heterocycles. The van der Waals surface area contributed by atoms with Gasteiger partial charge in [0.1, 0.15) is 0 Å². The molecule has 2 amide bonds. The van der Waals surface area contributed by atoms with Crippen LogP contribution in [-0.4, -0.2) is 75.8 Å². The van der Waals surface area contributed by atoms with E-state index in [4.69, 9.17) is 9.47 Å². The van der Waals surface area contributed by atoms with Crippen molar-refractivity contribution < 1.29 is 33.4 Å². The molecule has 0 N–H and O–H groups in total. The van der Waals surface area contributed by atoms with Crippen molar-refractivity contribution in [3.05, 3.63) is 23.9 Å². The zero-order valence-electron chi connectivity index (χ0n) is 18.6. The molecule has 0 unspecified atom stereocenters.